The van der Waals surface area contributed by atoms with E-state index in [2.05, 4.69) is 10.6 Å². The van der Waals surface area contributed by atoms with Gasteiger partial charge in [0.2, 0.25) is 17.7 Å². The van der Waals surface area contributed by atoms with Gasteiger partial charge in [0.1, 0.15) is 6.54 Å². The van der Waals surface area contributed by atoms with Gasteiger partial charge in [-0.1, -0.05) is 0 Å². The molecule has 0 aromatic heterocycles. The summed E-state index contributed by atoms with van der Waals surface area (Å²) in [5.41, 5.74) is 2.31. The molecule has 2 N–H and O–H groups in total. The van der Waals surface area contributed by atoms with Gasteiger partial charge in [-0.25, -0.2) is 0 Å². The first-order chi connectivity index (χ1) is 15.9. The van der Waals surface area contributed by atoms with E-state index in [1.807, 2.05) is 11.0 Å². The van der Waals surface area contributed by atoms with E-state index in [0.29, 0.717) is 22.6 Å². The van der Waals surface area contributed by atoms with Gasteiger partial charge in [0.25, 0.3) is 5.91 Å². The molecule has 0 spiro atoms. The number of hydrogen-bond donors (Lipinski definition) is 2. The fourth-order valence-corrected chi connectivity index (χ4v) is 4.89. The van der Waals surface area contributed by atoms with Gasteiger partial charge in [0.05, 0.1) is 11.4 Å². The molecule has 2 aliphatic rings. The maximum absolute atomic E-state index is 12.9. The number of piperidine rings is 1. The standard InChI is InChI=1S/C24H26N4O4S/c1-16(29)25-18-6-8-19(9-7-18)26-22(30)14-28-20-13-17(5-10-21(20)33-15-23(28)31)24(32)27-11-3-2-4-12-27/h5-10,13H,2-4,11-12,14-15H2,1H3,(H,25,29)(H,26,30). The van der Waals surface area contributed by atoms with Gasteiger partial charge in [-0.2, -0.15) is 0 Å². The minimum Gasteiger partial charge on any atom is -0.339 e. The minimum atomic E-state index is -0.346. The largest absolute Gasteiger partial charge is 0.339 e. The summed E-state index contributed by atoms with van der Waals surface area (Å²) in [7, 11) is 0. The molecule has 172 valence electrons. The Labute approximate surface area is 196 Å². The van der Waals surface area contributed by atoms with E-state index >= 15 is 0 Å². The second-order valence-electron chi connectivity index (χ2n) is 8.11. The van der Waals surface area contributed by atoms with Gasteiger partial charge in [-0.15, -0.1) is 11.8 Å². The van der Waals surface area contributed by atoms with Crippen molar-refractivity contribution in [2.45, 2.75) is 31.1 Å². The van der Waals surface area contributed by atoms with Crippen LogP contribution in [0.25, 0.3) is 0 Å². The predicted octanol–water partition coefficient (Wildman–Crippen LogP) is 3.35. The number of amides is 4. The van der Waals surface area contributed by atoms with Crippen molar-refractivity contribution in [1.82, 2.24) is 4.90 Å². The second-order valence-corrected chi connectivity index (χ2v) is 9.13. The molecule has 0 aliphatic carbocycles. The maximum atomic E-state index is 12.9. The Bertz CT molecular complexity index is 1080. The molecule has 2 aromatic rings. The number of nitrogens with zero attached hydrogens (tertiary/aromatic N) is 2. The molecule has 2 heterocycles. The fourth-order valence-electron chi connectivity index (χ4n) is 3.97. The number of anilines is 3. The smallest absolute Gasteiger partial charge is 0.253 e. The number of nitrogens with one attached hydrogen (secondary N) is 2. The number of thioether (sulfide) groups is 1. The predicted molar refractivity (Wildman–Crippen MR) is 129 cm³/mol. The Hall–Kier alpha value is -3.33. The first kappa shape index (κ1) is 22.8. The molecule has 2 aliphatic heterocycles. The van der Waals surface area contributed by atoms with Crippen molar-refractivity contribution in [1.29, 1.82) is 0 Å². The van der Waals surface area contributed by atoms with Crippen molar-refractivity contribution < 1.29 is 19.2 Å². The third-order valence-corrected chi connectivity index (χ3v) is 6.63. The normalized spacial score (nSPS) is 15.6. The Morgan fingerprint density at radius 2 is 1.61 bits per heavy atom. The zero-order valence-corrected chi connectivity index (χ0v) is 19.2. The van der Waals surface area contributed by atoms with Crippen LogP contribution in [0.3, 0.4) is 0 Å². The number of benzene rings is 2. The molecule has 0 saturated carbocycles. The van der Waals surface area contributed by atoms with Crippen LogP contribution in [0.15, 0.2) is 47.4 Å². The summed E-state index contributed by atoms with van der Waals surface area (Å²) < 4.78 is 0. The van der Waals surface area contributed by atoms with Gasteiger partial charge in [0.15, 0.2) is 0 Å². The van der Waals surface area contributed by atoms with Gasteiger partial charge in [-0.3, -0.25) is 19.2 Å². The Balaban J connectivity index is 1.48. The molecule has 4 rings (SSSR count). The van der Waals surface area contributed by atoms with Gasteiger partial charge >= 0.3 is 0 Å². The average Bonchev–Trinajstić information content (AvgIpc) is 2.81. The zero-order chi connectivity index (χ0) is 23.4. The van der Waals surface area contributed by atoms with E-state index in [4.69, 9.17) is 0 Å². The van der Waals surface area contributed by atoms with Crippen LogP contribution in [-0.4, -0.2) is 53.9 Å². The number of rotatable bonds is 5. The topological polar surface area (TPSA) is 98.8 Å². The Kier molecular flexibility index (Phi) is 6.98. The lowest BCUT2D eigenvalue weighted by atomic mass is 10.1. The molecular weight excluding hydrogens is 440 g/mol. The molecule has 33 heavy (non-hydrogen) atoms. The highest BCUT2D eigenvalue weighted by Gasteiger charge is 2.28. The van der Waals surface area contributed by atoms with E-state index in [0.717, 1.165) is 37.2 Å². The summed E-state index contributed by atoms with van der Waals surface area (Å²) >= 11 is 1.41. The highest BCUT2D eigenvalue weighted by molar-refractivity contribution is 8.00. The summed E-state index contributed by atoms with van der Waals surface area (Å²) in [6.07, 6.45) is 3.14. The fraction of sp³-hybridized carbons (Fsp3) is 0.333. The third-order valence-electron chi connectivity index (χ3n) is 5.58. The highest BCUT2D eigenvalue weighted by Crippen LogP contribution is 2.36. The van der Waals surface area contributed by atoms with E-state index in [9.17, 15) is 19.2 Å². The minimum absolute atomic E-state index is 0.0378. The molecule has 2 aromatic carbocycles. The van der Waals surface area contributed by atoms with E-state index in [1.165, 1.54) is 23.6 Å². The summed E-state index contributed by atoms with van der Waals surface area (Å²) in [5.74, 6) is -0.493. The molecule has 8 nitrogen and oxygen atoms in total. The van der Waals surface area contributed by atoms with Crippen LogP contribution < -0.4 is 15.5 Å². The van der Waals surface area contributed by atoms with Crippen molar-refractivity contribution in [2.24, 2.45) is 0 Å². The van der Waals surface area contributed by atoms with Crippen molar-refractivity contribution in [3.63, 3.8) is 0 Å². The molecule has 0 bridgehead atoms. The lowest BCUT2D eigenvalue weighted by Gasteiger charge is -2.30. The molecule has 0 unspecified atom stereocenters. The Morgan fingerprint density at radius 1 is 0.939 bits per heavy atom. The van der Waals surface area contributed by atoms with Gasteiger partial charge < -0.3 is 20.4 Å². The zero-order valence-electron chi connectivity index (χ0n) is 18.4. The van der Waals surface area contributed by atoms with Crippen LogP contribution in [0.5, 0.6) is 0 Å². The summed E-state index contributed by atoms with van der Waals surface area (Å²) in [6.45, 7) is 2.76. The Morgan fingerprint density at radius 3 is 2.27 bits per heavy atom. The number of hydrogen-bond acceptors (Lipinski definition) is 5. The quantitative estimate of drug-likeness (QED) is 0.704. The van der Waals surface area contributed by atoms with Crippen LogP contribution >= 0.6 is 11.8 Å². The van der Waals surface area contributed by atoms with E-state index in [1.54, 1.807) is 36.4 Å². The van der Waals surface area contributed by atoms with E-state index in [-0.39, 0.29) is 35.9 Å². The molecule has 1 fully saturated rings. The molecule has 0 radical (unpaired) electrons. The lowest BCUT2D eigenvalue weighted by molar-refractivity contribution is -0.120. The second kappa shape index (κ2) is 10.1. The van der Waals surface area contributed by atoms with Crippen molar-refractivity contribution in [3.8, 4) is 0 Å². The monoisotopic (exact) mass is 466 g/mol. The van der Waals surface area contributed by atoms with Crippen LogP contribution in [0.2, 0.25) is 0 Å². The average molecular weight is 467 g/mol. The van der Waals surface area contributed by atoms with E-state index < -0.39 is 0 Å². The molecular formula is C24H26N4O4S. The number of carbonyl (C=O) groups excluding carboxylic acids is 4. The lowest BCUT2D eigenvalue weighted by Crippen LogP contribution is -2.41. The maximum Gasteiger partial charge on any atom is 0.253 e. The summed E-state index contributed by atoms with van der Waals surface area (Å²) in [6, 6.07) is 12.1. The van der Waals surface area contributed by atoms with Crippen LogP contribution in [0.1, 0.15) is 36.5 Å². The van der Waals surface area contributed by atoms with Crippen LogP contribution in [0.4, 0.5) is 17.1 Å². The molecule has 4 amide bonds. The molecule has 9 heteroatoms. The first-order valence-corrected chi connectivity index (χ1v) is 11.9. The molecule has 0 atom stereocenters. The SMILES string of the molecule is CC(=O)Nc1ccc(NC(=O)CN2C(=O)CSc3ccc(C(=O)N4CCCCC4)cc32)cc1. The molecule has 1 saturated heterocycles. The third kappa shape index (κ3) is 5.54. The van der Waals surface area contributed by atoms with Crippen molar-refractivity contribution in [3.05, 3.63) is 48.0 Å². The van der Waals surface area contributed by atoms with Gasteiger partial charge in [-0.05, 0) is 61.7 Å². The number of likely N-dealkylation sites (tertiary alicyclic amines) is 1. The van der Waals surface area contributed by atoms with Crippen molar-refractivity contribution in [2.75, 3.05) is 40.9 Å². The van der Waals surface area contributed by atoms with Crippen LogP contribution in [-0.2, 0) is 14.4 Å². The number of fused-ring (bicyclic) bond motifs is 1. The van der Waals surface area contributed by atoms with Crippen molar-refractivity contribution >= 4 is 52.5 Å². The summed E-state index contributed by atoms with van der Waals surface area (Å²) in [4.78, 5) is 53.6. The highest BCUT2D eigenvalue weighted by atomic mass is 32.2. The number of carbonyl (C=O) groups is 4. The van der Waals surface area contributed by atoms with Gasteiger partial charge in [0, 0.05) is 41.8 Å². The summed E-state index contributed by atoms with van der Waals surface area (Å²) in [5, 5.41) is 5.45. The first-order valence-electron chi connectivity index (χ1n) is 10.9. The van der Waals surface area contributed by atoms with Crippen LogP contribution in [0, 0.1) is 0 Å².